The molecule has 0 spiro atoms. The van der Waals surface area contributed by atoms with E-state index in [1.54, 1.807) is 48.4 Å². The molecule has 2 aromatic carbocycles. The lowest BCUT2D eigenvalue weighted by molar-refractivity contribution is 0.0526. The number of aromatic amines is 1. The van der Waals surface area contributed by atoms with Crippen LogP contribution in [0.4, 0.5) is 5.69 Å². The molecule has 1 N–H and O–H groups in total. The zero-order valence-corrected chi connectivity index (χ0v) is 16.7. The summed E-state index contributed by atoms with van der Waals surface area (Å²) in [4.78, 5) is 27.1. The Bertz CT molecular complexity index is 1230. The molecule has 1 amide bonds. The minimum Gasteiger partial charge on any atom is -0.463 e. The summed E-state index contributed by atoms with van der Waals surface area (Å²) < 4.78 is 10.6. The number of hydrogen-bond acceptors (Lipinski definition) is 5. The number of carbonyl (C=O) groups is 2. The van der Waals surface area contributed by atoms with Gasteiger partial charge in [-0.15, -0.1) is 0 Å². The molecule has 3 heterocycles. The van der Waals surface area contributed by atoms with Crippen molar-refractivity contribution in [3.63, 3.8) is 0 Å². The topological polar surface area (TPSA) is 88.4 Å². The van der Waals surface area contributed by atoms with Crippen LogP contribution in [0.1, 0.15) is 44.9 Å². The van der Waals surface area contributed by atoms with E-state index in [9.17, 15) is 9.59 Å². The van der Waals surface area contributed by atoms with Gasteiger partial charge in [-0.3, -0.25) is 14.8 Å². The Hall–Kier alpha value is -4.13. The van der Waals surface area contributed by atoms with E-state index in [2.05, 4.69) is 10.2 Å². The van der Waals surface area contributed by atoms with Crippen molar-refractivity contribution >= 4 is 17.6 Å². The Morgan fingerprint density at radius 1 is 1.10 bits per heavy atom. The average molecular weight is 413 g/mol. The lowest BCUT2D eigenvalue weighted by Crippen LogP contribution is -2.29. The molecule has 0 bridgehead atoms. The smallest absolute Gasteiger partial charge is 0.338 e. The quantitative estimate of drug-likeness (QED) is 0.483. The van der Waals surface area contributed by atoms with E-state index >= 15 is 0 Å². The van der Waals surface area contributed by atoms with Crippen molar-refractivity contribution in [2.45, 2.75) is 13.0 Å². The molecular formula is C24H19N3O4. The number of nitrogens with one attached hydrogen (secondary N) is 1. The third kappa shape index (κ3) is 3.11. The van der Waals surface area contributed by atoms with E-state index in [1.807, 2.05) is 36.4 Å². The SMILES string of the molecule is CCOC(=O)c1ccc(N2C(=O)c3n[nH]c(-c4ccco4)c3[C@@H]2c2ccccc2)cc1. The van der Waals surface area contributed by atoms with Crippen molar-refractivity contribution in [3.05, 3.63) is 95.4 Å². The van der Waals surface area contributed by atoms with Crippen molar-refractivity contribution in [2.75, 3.05) is 11.5 Å². The van der Waals surface area contributed by atoms with Crippen LogP contribution in [0.15, 0.2) is 77.4 Å². The van der Waals surface area contributed by atoms with Gasteiger partial charge in [-0.25, -0.2) is 4.79 Å². The van der Waals surface area contributed by atoms with Crippen molar-refractivity contribution in [2.24, 2.45) is 0 Å². The van der Waals surface area contributed by atoms with Gasteiger partial charge in [0.05, 0.1) is 24.5 Å². The molecule has 7 nitrogen and oxygen atoms in total. The molecular weight excluding hydrogens is 394 g/mol. The molecule has 0 saturated carbocycles. The molecule has 2 aromatic heterocycles. The summed E-state index contributed by atoms with van der Waals surface area (Å²) in [6.07, 6.45) is 1.59. The standard InChI is InChI=1S/C24H19N3O4/c1-2-30-24(29)16-10-12-17(13-11-16)27-22(15-7-4-3-5-8-15)19-20(18-9-6-14-31-18)25-26-21(19)23(27)28/h3-14,22H,2H2,1H3,(H,25,26)/t22-/m0/s1. The maximum Gasteiger partial charge on any atom is 0.338 e. The molecule has 1 aliphatic heterocycles. The Balaban J connectivity index is 1.62. The number of H-pyrrole nitrogens is 1. The molecule has 7 heteroatoms. The second-order valence-corrected chi connectivity index (χ2v) is 7.09. The van der Waals surface area contributed by atoms with Gasteiger partial charge in [-0.2, -0.15) is 5.10 Å². The normalized spacial score (nSPS) is 15.2. The first kappa shape index (κ1) is 18.9. The van der Waals surface area contributed by atoms with Gasteiger partial charge in [-0.05, 0) is 48.9 Å². The Kier molecular flexibility index (Phi) is 4.63. The summed E-state index contributed by atoms with van der Waals surface area (Å²) in [5, 5.41) is 7.27. The minimum absolute atomic E-state index is 0.221. The third-order valence-electron chi connectivity index (χ3n) is 5.30. The number of ether oxygens (including phenoxy) is 1. The van der Waals surface area contributed by atoms with Crippen LogP contribution < -0.4 is 4.90 Å². The summed E-state index contributed by atoms with van der Waals surface area (Å²) >= 11 is 0. The van der Waals surface area contributed by atoms with E-state index in [0.29, 0.717) is 35.0 Å². The van der Waals surface area contributed by atoms with E-state index < -0.39 is 12.0 Å². The van der Waals surface area contributed by atoms with Gasteiger partial charge in [0.1, 0.15) is 5.69 Å². The molecule has 1 aliphatic rings. The Morgan fingerprint density at radius 2 is 1.87 bits per heavy atom. The van der Waals surface area contributed by atoms with Gasteiger partial charge in [0.2, 0.25) is 0 Å². The number of esters is 1. The van der Waals surface area contributed by atoms with Crippen LogP contribution in [-0.2, 0) is 4.74 Å². The van der Waals surface area contributed by atoms with Crippen LogP contribution in [0, 0.1) is 0 Å². The first-order valence-electron chi connectivity index (χ1n) is 9.97. The molecule has 0 saturated heterocycles. The number of hydrogen-bond donors (Lipinski definition) is 1. The Labute approximate surface area is 178 Å². The predicted molar refractivity (Wildman–Crippen MR) is 114 cm³/mol. The van der Waals surface area contributed by atoms with E-state index in [1.165, 1.54) is 0 Å². The highest BCUT2D eigenvalue weighted by atomic mass is 16.5. The second-order valence-electron chi connectivity index (χ2n) is 7.09. The molecule has 31 heavy (non-hydrogen) atoms. The lowest BCUT2D eigenvalue weighted by atomic mass is 9.97. The monoisotopic (exact) mass is 413 g/mol. The van der Waals surface area contributed by atoms with Crippen LogP contribution in [-0.4, -0.2) is 28.7 Å². The third-order valence-corrected chi connectivity index (χ3v) is 5.30. The van der Waals surface area contributed by atoms with Crippen LogP contribution >= 0.6 is 0 Å². The summed E-state index contributed by atoms with van der Waals surface area (Å²) in [5.74, 6) is -0.00143. The molecule has 0 fully saturated rings. The maximum absolute atomic E-state index is 13.4. The molecule has 0 radical (unpaired) electrons. The average Bonchev–Trinajstić information content (AvgIpc) is 3.52. The summed E-state index contributed by atoms with van der Waals surface area (Å²) in [6.45, 7) is 2.06. The van der Waals surface area contributed by atoms with Crippen LogP contribution in [0.2, 0.25) is 0 Å². The molecule has 0 aliphatic carbocycles. The Morgan fingerprint density at radius 3 is 2.55 bits per heavy atom. The number of amides is 1. The summed E-state index contributed by atoms with van der Waals surface area (Å²) in [5.41, 5.74) is 3.83. The first-order valence-corrected chi connectivity index (χ1v) is 9.97. The zero-order chi connectivity index (χ0) is 21.4. The number of benzene rings is 2. The second kappa shape index (κ2) is 7.60. The van der Waals surface area contributed by atoms with Gasteiger partial charge >= 0.3 is 5.97 Å². The molecule has 4 aromatic rings. The molecule has 154 valence electrons. The zero-order valence-electron chi connectivity index (χ0n) is 16.7. The van der Waals surface area contributed by atoms with Gasteiger partial charge in [0, 0.05) is 11.3 Å². The fourth-order valence-electron chi connectivity index (χ4n) is 3.94. The van der Waals surface area contributed by atoms with Crippen molar-refractivity contribution in [1.82, 2.24) is 10.2 Å². The number of nitrogens with zero attached hydrogens (tertiary/aromatic N) is 2. The highest BCUT2D eigenvalue weighted by Crippen LogP contribution is 2.44. The number of anilines is 1. The fourth-order valence-corrected chi connectivity index (χ4v) is 3.94. The van der Waals surface area contributed by atoms with Crippen molar-refractivity contribution in [1.29, 1.82) is 0 Å². The predicted octanol–water partition coefficient (Wildman–Crippen LogP) is 4.60. The number of furan rings is 1. The number of fused-ring (bicyclic) bond motifs is 1. The summed E-state index contributed by atoms with van der Waals surface area (Å²) in [7, 11) is 0. The fraction of sp³-hybridized carbons (Fsp3) is 0.125. The van der Waals surface area contributed by atoms with Crippen LogP contribution in [0.25, 0.3) is 11.5 Å². The van der Waals surface area contributed by atoms with Crippen molar-refractivity contribution < 1.29 is 18.7 Å². The molecule has 1 atom stereocenters. The minimum atomic E-state index is -0.394. The van der Waals surface area contributed by atoms with Crippen LogP contribution in [0.3, 0.4) is 0 Å². The highest BCUT2D eigenvalue weighted by Gasteiger charge is 2.43. The highest BCUT2D eigenvalue weighted by molar-refractivity contribution is 6.11. The first-order chi connectivity index (χ1) is 15.2. The van der Waals surface area contributed by atoms with Crippen LogP contribution in [0.5, 0.6) is 0 Å². The number of carbonyl (C=O) groups excluding carboxylic acids is 2. The number of aromatic nitrogens is 2. The summed E-state index contributed by atoms with van der Waals surface area (Å²) in [6, 6.07) is 19.8. The van der Waals surface area contributed by atoms with Crippen molar-refractivity contribution in [3.8, 4) is 11.5 Å². The lowest BCUT2D eigenvalue weighted by Gasteiger charge is -2.26. The van der Waals surface area contributed by atoms with Gasteiger partial charge in [-0.1, -0.05) is 30.3 Å². The van der Waals surface area contributed by atoms with Gasteiger partial charge < -0.3 is 9.15 Å². The maximum atomic E-state index is 13.4. The molecule has 0 unspecified atom stereocenters. The largest absolute Gasteiger partial charge is 0.463 e. The van der Waals surface area contributed by atoms with E-state index in [4.69, 9.17) is 9.15 Å². The number of rotatable bonds is 5. The van der Waals surface area contributed by atoms with Gasteiger partial charge in [0.25, 0.3) is 5.91 Å². The molecule has 5 rings (SSSR count). The van der Waals surface area contributed by atoms with E-state index in [0.717, 1.165) is 11.1 Å². The van der Waals surface area contributed by atoms with E-state index in [-0.39, 0.29) is 5.91 Å². The van der Waals surface area contributed by atoms with Gasteiger partial charge in [0.15, 0.2) is 11.5 Å².